The SMILES string of the molecule is CO[C@@H]1O[C@H]2[C@H](O)[C@@H]1N(C(=O)OCc1ccccc1)[C@@H]2CO. The van der Waals surface area contributed by atoms with E-state index in [9.17, 15) is 15.0 Å². The van der Waals surface area contributed by atoms with Gasteiger partial charge in [0.15, 0.2) is 6.29 Å². The van der Waals surface area contributed by atoms with Crippen LogP contribution in [0.15, 0.2) is 30.3 Å². The van der Waals surface area contributed by atoms with Crippen molar-refractivity contribution in [1.29, 1.82) is 0 Å². The molecule has 22 heavy (non-hydrogen) atoms. The standard InChI is InChI=1S/C15H19NO6/c1-20-14-11-12(18)13(22-14)10(7-17)16(11)15(19)21-8-9-5-3-2-4-6-9/h2-6,10-14,17-18H,7-8H2,1H3/t10-,11+,12-,13-,14-/m1/s1. The van der Waals surface area contributed by atoms with Gasteiger partial charge in [-0.3, -0.25) is 4.90 Å². The van der Waals surface area contributed by atoms with Crippen LogP contribution >= 0.6 is 0 Å². The summed E-state index contributed by atoms with van der Waals surface area (Å²) in [5, 5.41) is 19.7. The van der Waals surface area contributed by atoms with Crippen molar-refractivity contribution in [1.82, 2.24) is 4.90 Å². The summed E-state index contributed by atoms with van der Waals surface area (Å²) in [6.45, 7) is -0.185. The molecule has 3 rings (SSSR count). The molecule has 0 spiro atoms. The first-order chi connectivity index (χ1) is 10.7. The highest BCUT2D eigenvalue weighted by Crippen LogP contribution is 2.38. The summed E-state index contributed by atoms with van der Waals surface area (Å²) in [5.41, 5.74) is 0.862. The van der Waals surface area contributed by atoms with E-state index in [0.717, 1.165) is 5.56 Å². The molecule has 7 heteroatoms. The van der Waals surface area contributed by atoms with Crippen molar-refractivity contribution in [2.45, 2.75) is 37.2 Å². The Morgan fingerprint density at radius 2 is 2.09 bits per heavy atom. The van der Waals surface area contributed by atoms with Crippen molar-refractivity contribution in [2.24, 2.45) is 0 Å². The molecular formula is C15H19NO6. The Bertz CT molecular complexity index is 524. The van der Waals surface area contributed by atoms with Crippen molar-refractivity contribution in [3.63, 3.8) is 0 Å². The summed E-state index contributed by atoms with van der Waals surface area (Å²) in [5.74, 6) is 0. The van der Waals surface area contributed by atoms with Gasteiger partial charge >= 0.3 is 6.09 Å². The van der Waals surface area contributed by atoms with Crippen LogP contribution in [0.3, 0.4) is 0 Å². The Hall–Kier alpha value is -1.67. The van der Waals surface area contributed by atoms with Gasteiger partial charge in [-0.2, -0.15) is 0 Å². The third-order valence-electron chi connectivity index (χ3n) is 4.15. The normalized spacial score (nSPS) is 33.2. The number of benzene rings is 1. The summed E-state index contributed by atoms with van der Waals surface area (Å²) >= 11 is 0. The number of fused-ring (bicyclic) bond motifs is 2. The van der Waals surface area contributed by atoms with Gasteiger partial charge in [-0.25, -0.2) is 4.79 Å². The zero-order valence-corrected chi connectivity index (χ0v) is 12.2. The van der Waals surface area contributed by atoms with E-state index in [0.29, 0.717) is 0 Å². The smallest absolute Gasteiger partial charge is 0.411 e. The molecular weight excluding hydrogens is 290 g/mol. The lowest BCUT2D eigenvalue weighted by Crippen LogP contribution is -2.54. The zero-order valence-electron chi connectivity index (χ0n) is 12.2. The van der Waals surface area contributed by atoms with Crippen LogP contribution in [0.25, 0.3) is 0 Å². The van der Waals surface area contributed by atoms with Crippen LogP contribution in [0.1, 0.15) is 5.56 Å². The van der Waals surface area contributed by atoms with Crippen LogP contribution in [-0.4, -0.2) is 65.5 Å². The minimum atomic E-state index is -0.897. The lowest BCUT2D eigenvalue weighted by Gasteiger charge is -2.36. The fourth-order valence-electron chi connectivity index (χ4n) is 3.10. The number of hydrogen-bond acceptors (Lipinski definition) is 6. The molecule has 120 valence electrons. The van der Waals surface area contributed by atoms with Crippen LogP contribution in [0.2, 0.25) is 0 Å². The number of hydrogen-bond donors (Lipinski definition) is 2. The molecule has 2 heterocycles. The third kappa shape index (κ3) is 2.46. The average molecular weight is 309 g/mol. The second-order valence-corrected chi connectivity index (χ2v) is 5.38. The Morgan fingerprint density at radius 3 is 2.73 bits per heavy atom. The van der Waals surface area contributed by atoms with E-state index in [1.54, 1.807) is 0 Å². The van der Waals surface area contributed by atoms with Crippen LogP contribution in [0, 0.1) is 0 Å². The highest BCUT2D eigenvalue weighted by atomic mass is 16.7. The molecule has 0 aromatic heterocycles. The fraction of sp³-hybridized carbons (Fsp3) is 0.533. The monoisotopic (exact) mass is 309 g/mol. The maximum atomic E-state index is 12.4. The number of carbonyl (C=O) groups excluding carboxylic acids is 1. The topological polar surface area (TPSA) is 88.5 Å². The number of carbonyl (C=O) groups is 1. The maximum absolute atomic E-state index is 12.4. The molecule has 0 unspecified atom stereocenters. The Labute approximate surface area is 128 Å². The van der Waals surface area contributed by atoms with Crippen molar-refractivity contribution >= 4 is 6.09 Å². The van der Waals surface area contributed by atoms with Crippen LogP contribution in [0.4, 0.5) is 4.79 Å². The van der Waals surface area contributed by atoms with E-state index in [-0.39, 0.29) is 13.2 Å². The molecule has 1 aromatic rings. The predicted molar refractivity (Wildman–Crippen MR) is 74.8 cm³/mol. The summed E-state index contributed by atoms with van der Waals surface area (Å²) in [6, 6.07) is 7.99. The summed E-state index contributed by atoms with van der Waals surface area (Å²) in [4.78, 5) is 13.7. The van der Waals surface area contributed by atoms with E-state index in [1.807, 2.05) is 30.3 Å². The lowest BCUT2D eigenvalue weighted by atomic mass is 10.1. The number of amides is 1. The molecule has 2 saturated heterocycles. The van der Waals surface area contributed by atoms with Crippen molar-refractivity contribution < 1.29 is 29.2 Å². The van der Waals surface area contributed by atoms with Gasteiger partial charge in [0.05, 0.1) is 12.6 Å². The molecule has 2 fully saturated rings. The number of rotatable bonds is 4. The van der Waals surface area contributed by atoms with Crippen molar-refractivity contribution in [2.75, 3.05) is 13.7 Å². The van der Waals surface area contributed by atoms with Gasteiger partial charge in [0.1, 0.15) is 24.9 Å². The molecule has 0 saturated carbocycles. The van der Waals surface area contributed by atoms with Crippen molar-refractivity contribution in [3.05, 3.63) is 35.9 Å². The van der Waals surface area contributed by atoms with Gasteiger partial charge in [-0.05, 0) is 5.56 Å². The quantitative estimate of drug-likeness (QED) is 0.820. The van der Waals surface area contributed by atoms with Gasteiger partial charge in [0.2, 0.25) is 0 Å². The summed E-state index contributed by atoms with van der Waals surface area (Å²) < 4.78 is 15.9. The number of methoxy groups -OCH3 is 1. The highest BCUT2D eigenvalue weighted by molar-refractivity contribution is 5.70. The maximum Gasteiger partial charge on any atom is 0.411 e. The predicted octanol–water partition coefficient (Wildman–Crippen LogP) is 0.100. The van der Waals surface area contributed by atoms with E-state index >= 15 is 0 Å². The molecule has 2 N–H and O–H groups in total. The van der Waals surface area contributed by atoms with Gasteiger partial charge in [0, 0.05) is 7.11 Å². The summed E-state index contributed by atoms with van der Waals surface area (Å²) in [6.07, 6.45) is -2.87. The van der Waals surface area contributed by atoms with E-state index in [1.165, 1.54) is 12.0 Å². The second kappa shape index (κ2) is 6.21. The molecule has 0 radical (unpaired) electrons. The largest absolute Gasteiger partial charge is 0.445 e. The van der Waals surface area contributed by atoms with Crippen LogP contribution in [-0.2, 0) is 20.8 Å². The Morgan fingerprint density at radius 1 is 1.36 bits per heavy atom. The zero-order chi connectivity index (χ0) is 15.7. The molecule has 5 atom stereocenters. The fourth-order valence-corrected chi connectivity index (χ4v) is 3.10. The average Bonchev–Trinajstić information content (AvgIpc) is 3.02. The second-order valence-electron chi connectivity index (χ2n) is 5.38. The number of aliphatic hydroxyl groups excluding tert-OH is 2. The van der Waals surface area contributed by atoms with Gasteiger partial charge in [-0.15, -0.1) is 0 Å². The minimum Gasteiger partial charge on any atom is -0.445 e. The molecule has 2 aliphatic rings. The molecule has 7 nitrogen and oxygen atoms in total. The number of aliphatic hydroxyl groups is 2. The molecule has 0 aliphatic carbocycles. The van der Waals surface area contributed by atoms with Gasteiger partial charge in [0.25, 0.3) is 0 Å². The number of morpholine rings is 1. The first kappa shape index (κ1) is 15.2. The Balaban J connectivity index is 1.70. The van der Waals surface area contributed by atoms with Gasteiger partial charge in [-0.1, -0.05) is 30.3 Å². The third-order valence-corrected chi connectivity index (χ3v) is 4.15. The summed E-state index contributed by atoms with van der Waals surface area (Å²) in [7, 11) is 1.44. The first-order valence-electron chi connectivity index (χ1n) is 7.13. The van der Waals surface area contributed by atoms with Crippen LogP contribution in [0.5, 0.6) is 0 Å². The van der Waals surface area contributed by atoms with Crippen LogP contribution < -0.4 is 0 Å². The number of likely N-dealkylation sites (tertiary alicyclic amines) is 1. The first-order valence-corrected chi connectivity index (χ1v) is 7.13. The lowest BCUT2D eigenvalue weighted by molar-refractivity contribution is -0.183. The molecule has 2 bridgehead atoms. The van der Waals surface area contributed by atoms with Crippen molar-refractivity contribution in [3.8, 4) is 0 Å². The van der Waals surface area contributed by atoms with E-state index in [2.05, 4.69) is 0 Å². The number of nitrogens with zero attached hydrogens (tertiary/aromatic N) is 1. The molecule has 1 amide bonds. The molecule has 1 aromatic carbocycles. The van der Waals surface area contributed by atoms with Gasteiger partial charge < -0.3 is 24.4 Å². The van der Waals surface area contributed by atoms with E-state index in [4.69, 9.17) is 14.2 Å². The van der Waals surface area contributed by atoms with E-state index < -0.39 is 36.7 Å². The minimum absolute atomic E-state index is 0.125. The Kier molecular flexibility index (Phi) is 4.30. The number of ether oxygens (including phenoxy) is 3. The highest BCUT2D eigenvalue weighted by Gasteiger charge is 2.61. The molecule has 2 aliphatic heterocycles.